The van der Waals surface area contributed by atoms with E-state index in [0.717, 1.165) is 28.8 Å². The first-order chi connectivity index (χ1) is 14.7. The number of benzene rings is 1. The molecule has 0 saturated carbocycles. The van der Waals surface area contributed by atoms with Crippen molar-refractivity contribution in [3.8, 4) is 11.5 Å². The van der Waals surface area contributed by atoms with Crippen molar-refractivity contribution in [3.05, 3.63) is 59.1 Å². The molecule has 1 saturated heterocycles. The lowest BCUT2D eigenvalue weighted by Gasteiger charge is -2.30. The molecule has 5 rings (SSSR count). The Bertz CT molecular complexity index is 1200. The molecule has 0 aliphatic carbocycles. The third-order valence-electron chi connectivity index (χ3n) is 4.80. The molecule has 0 unspecified atom stereocenters. The Kier molecular flexibility index (Phi) is 4.97. The number of nitrogens with zero attached hydrogens (tertiary/aromatic N) is 3. The van der Waals surface area contributed by atoms with Crippen molar-refractivity contribution in [1.82, 2.24) is 9.97 Å². The second-order valence-corrected chi connectivity index (χ2v) is 7.67. The van der Waals surface area contributed by atoms with E-state index in [9.17, 15) is 4.79 Å². The number of pyridine rings is 1. The highest BCUT2D eigenvalue weighted by Crippen LogP contribution is 2.35. The quantitative estimate of drug-likeness (QED) is 0.476. The summed E-state index contributed by atoms with van der Waals surface area (Å²) in [7, 11) is 0. The van der Waals surface area contributed by atoms with Crippen LogP contribution in [0.4, 0.5) is 11.4 Å². The molecule has 0 radical (unpaired) electrons. The zero-order chi connectivity index (χ0) is 20.5. The van der Waals surface area contributed by atoms with Gasteiger partial charge in [0.05, 0.1) is 25.0 Å². The van der Waals surface area contributed by atoms with Crippen molar-refractivity contribution < 1.29 is 18.4 Å². The molecule has 0 bridgehead atoms. The summed E-state index contributed by atoms with van der Waals surface area (Å²) in [6, 6.07) is 10.8. The maximum Gasteiger partial charge on any atom is 0.291 e. The summed E-state index contributed by atoms with van der Waals surface area (Å²) < 4.78 is 17.5. The van der Waals surface area contributed by atoms with Crippen LogP contribution in [-0.4, -0.2) is 42.2 Å². The minimum absolute atomic E-state index is 0.240. The lowest BCUT2D eigenvalue weighted by molar-refractivity contribution is 0.0996. The van der Waals surface area contributed by atoms with Crippen LogP contribution in [0.15, 0.2) is 62.2 Å². The highest BCUT2D eigenvalue weighted by atomic mass is 79.9. The summed E-state index contributed by atoms with van der Waals surface area (Å²) in [5, 5.41) is 2.86. The summed E-state index contributed by atoms with van der Waals surface area (Å²) in [5.41, 5.74) is 3.44. The minimum Gasteiger partial charge on any atom is -0.459 e. The number of nitrogens with one attached hydrogen (secondary N) is 1. The fourth-order valence-corrected chi connectivity index (χ4v) is 3.69. The van der Waals surface area contributed by atoms with Crippen LogP contribution in [0.1, 0.15) is 10.6 Å². The van der Waals surface area contributed by atoms with Crippen molar-refractivity contribution in [2.24, 2.45) is 0 Å². The average Bonchev–Trinajstić information content (AvgIpc) is 3.44. The topological polar surface area (TPSA) is 93.6 Å². The number of oxazole rings is 1. The molecule has 152 valence electrons. The molecule has 4 heterocycles. The Labute approximate surface area is 180 Å². The number of ether oxygens (including phenoxy) is 1. The van der Waals surface area contributed by atoms with E-state index in [2.05, 4.69) is 36.1 Å². The van der Waals surface area contributed by atoms with Gasteiger partial charge in [0.1, 0.15) is 0 Å². The van der Waals surface area contributed by atoms with Crippen LogP contribution in [0.3, 0.4) is 0 Å². The van der Waals surface area contributed by atoms with E-state index in [1.807, 2.05) is 24.3 Å². The second-order valence-electron chi connectivity index (χ2n) is 6.76. The summed E-state index contributed by atoms with van der Waals surface area (Å²) in [4.78, 5) is 23.5. The molecule has 1 aromatic carbocycles. The molecule has 1 fully saturated rings. The normalized spacial score (nSPS) is 14.2. The predicted octanol–water partition coefficient (Wildman–Crippen LogP) is 4.33. The van der Waals surface area contributed by atoms with Crippen molar-refractivity contribution in [2.75, 3.05) is 36.5 Å². The van der Waals surface area contributed by atoms with Crippen LogP contribution in [-0.2, 0) is 4.74 Å². The van der Waals surface area contributed by atoms with Gasteiger partial charge in [-0.25, -0.2) is 4.98 Å². The Morgan fingerprint density at radius 2 is 2.03 bits per heavy atom. The molecule has 3 aromatic heterocycles. The largest absolute Gasteiger partial charge is 0.459 e. The molecule has 1 amide bonds. The highest BCUT2D eigenvalue weighted by molar-refractivity contribution is 9.10. The Morgan fingerprint density at radius 3 is 2.83 bits per heavy atom. The maximum atomic E-state index is 12.4. The number of hydrogen-bond acceptors (Lipinski definition) is 7. The first kappa shape index (κ1) is 18.8. The first-order valence-electron chi connectivity index (χ1n) is 9.41. The zero-order valence-electron chi connectivity index (χ0n) is 15.8. The number of carbonyl (C=O) groups is 1. The van der Waals surface area contributed by atoms with E-state index in [0.29, 0.717) is 36.0 Å². The third-order valence-corrected chi connectivity index (χ3v) is 5.23. The molecular formula is C21H17BrN4O4. The lowest BCUT2D eigenvalue weighted by atomic mass is 10.1. The van der Waals surface area contributed by atoms with Gasteiger partial charge in [0.25, 0.3) is 5.91 Å². The fourth-order valence-electron chi connectivity index (χ4n) is 3.38. The van der Waals surface area contributed by atoms with Gasteiger partial charge in [0.2, 0.25) is 5.89 Å². The number of amides is 1. The zero-order valence-corrected chi connectivity index (χ0v) is 17.4. The smallest absolute Gasteiger partial charge is 0.291 e. The van der Waals surface area contributed by atoms with Crippen molar-refractivity contribution >= 4 is 44.4 Å². The number of halogens is 1. The van der Waals surface area contributed by atoms with Crippen LogP contribution < -0.4 is 10.2 Å². The van der Waals surface area contributed by atoms with E-state index in [1.54, 1.807) is 18.3 Å². The Balaban J connectivity index is 1.56. The van der Waals surface area contributed by atoms with E-state index in [1.165, 1.54) is 6.26 Å². The number of furan rings is 1. The van der Waals surface area contributed by atoms with Gasteiger partial charge in [-0.05, 0) is 46.3 Å². The number of rotatable bonds is 4. The number of aromatic nitrogens is 2. The molecule has 4 aromatic rings. The van der Waals surface area contributed by atoms with Gasteiger partial charge in [-0.3, -0.25) is 4.79 Å². The van der Waals surface area contributed by atoms with Crippen LogP contribution in [0.2, 0.25) is 0 Å². The summed E-state index contributed by atoms with van der Waals surface area (Å²) in [5.74, 6) is 0.351. The van der Waals surface area contributed by atoms with Gasteiger partial charge in [0.15, 0.2) is 17.0 Å². The molecule has 9 heteroatoms. The summed E-state index contributed by atoms with van der Waals surface area (Å²) in [6.07, 6.45) is 3.14. The number of hydrogen-bond donors (Lipinski definition) is 1. The van der Waals surface area contributed by atoms with E-state index < -0.39 is 0 Å². The maximum absolute atomic E-state index is 12.4. The molecule has 1 aliphatic heterocycles. The SMILES string of the molecule is O=C(Nc1ccc(N2CCOCC2)c(-c2nc3ncc(Br)cc3o2)c1)c1ccco1. The van der Waals surface area contributed by atoms with Gasteiger partial charge in [-0.1, -0.05) is 0 Å². The lowest BCUT2D eigenvalue weighted by Crippen LogP contribution is -2.36. The molecule has 1 N–H and O–H groups in total. The van der Waals surface area contributed by atoms with Gasteiger partial charge in [0, 0.05) is 41.2 Å². The first-order valence-corrected chi connectivity index (χ1v) is 10.2. The molecule has 1 aliphatic rings. The van der Waals surface area contributed by atoms with Crippen LogP contribution in [0.25, 0.3) is 22.7 Å². The fraction of sp³-hybridized carbons (Fsp3) is 0.190. The summed E-state index contributed by atoms with van der Waals surface area (Å²) >= 11 is 3.40. The summed E-state index contributed by atoms with van der Waals surface area (Å²) in [6.45, 7) is 2.82. The minimum atomic E-state index is -0.326. The highest BCUT2D eigenvalue weighted by Gasteiger charge is 2.21. The van der Waals surface area contributed by atoms with Crippen LogP contribution >= 0.6 is 15.9 Å². The van der Waals surface area contributed by atoms with Crippen molar-refractivity contribution in [3.63, 3.8) is 0 Å². The van der Waals surface area contributed by atoms with Crippen molar-refractivity contribution in [2.45, 2.75) is 0 Å². The van der Waals surface area contributed by atoms with E-state index >= 15 is 0 Å². The van der Waals surface area contributed by atoms with E-state index in [-0.39, 0.29) is 11.7 Å². The van der Waals surface area contributed by atoms with Crippen LogP contribution in [0.5, 0.6) is 0 Å². The molecular weight excluding hydrogens is 452 g/mol. The molecule has 8 nitrogen and oxygen atoms in total. The molecule has 0 spiro atoms. The van der Waals surface area contributed by atoms with Gasteiger partial charge < -0.3 is 23.8 Å². The molecule has 0 atom stereocenters. The number of morpholine rings is 1. The van der Waals surface area contributed by atoms with E-state index in [4.69, 9.17) is 13.6 Å². The Morgan fingerprint density at radius 1 is 1.17 bits per heavy atom. The van der Waals surface area contributed by atoms with Crippen LogP contribution in [0, 0.1) is 0 Å². The number of carbonyl (C=O) groups excluding carboxylic acids is 1. The Hall–Kier alpha value is -3.17. The van der Waals surface area contributed by atoms with Crippen molar-refractivity contribution in [1.29, 1.82) is 0 Å². The second kappa shape index (κ2) is 7.92. The van der Waals surface area contributed by atoms with Gasteiger partial charge in [-0.15, -0.1) is 0 Å². The van der Waals surface area contributed by atoms with Gasteiger partial charge >= 0.3 is 0 Å². The van der Waals surface area contributed by atoms with Gasteiger partial charge in [-0.2, -0.15) is 4.98 Å². The molecule has 30 heavy (non-hydrogen) atoms. The number of fused-ring (bicyclic) bond motifs is 1. The average molecular weight is 469 g/mol. The predicted molar refractivity (Wildman–Crippen MR) is 115 cm³/mol. The number of anilines is 2. The third kappa shape index (κ3) is 3.69. The monoisotopic (exact) mass is 468 g/mol. The standard InChI is InChI=1S/C21H17BrN4O4/c22-13-10-18-19(23-12-13)25-21(30-18)15-11-14(24-20(27)17-2-1-7-29-17)3-4-16(15)26-5-8-28-9-6-26/h1-4,7,10-12H,5-6,8-9H2,(H,24,27).